The molecule has 0 aliphatic rings. The average Bonchev–Trinajstić information content (AvgIpc) is 3.24. The SMILES string of the molecule is O=C(Nc1cc(-n2cccn2)ncn1)c1ccccc1Nc1ccccc1. The molecule has 0 saturated heterocycles. The van der Waals surface area contributed by atoms with Crippen molar-refractivity contribution in [3.63, 3.8) is 0 Å². The lowest BCUT2D eigenvalue weighted by Crippen LogP contribution is -2.15. The summed E-state index contributed by atoms with van der Waals surface area (Å²) in [5, 5.41) is 10.2. The first-order valence-electron chi connectivity index (χ1n) is 8.34. The van der Waals surface area contributed by atoms with Crippen LogP contribution in [-0.4, -0.2) is 25.7 Å². The molecule has 132 valence electrons. The maximum Gasteiger partial charge on any atom is 0.258 e. The Hall–Kier alpha value is -4.00. The lowest BCUT2D eigenvalue weighted by molar-refractivity contribution is 0.102. The molecule has 1 amide bonds. The Kier molecular flexibility index (Phi) is 4.57. The van der Waals surface area contributed by atoms with Crippen molar-refractivity contribution in [2.24, 2.45) is 0 Å². The maximum absolute atomic E-state index is 12.8. The largest absolute Gasteiger partial charge is 0.355 e. The van der Waals surface area contributed by atoms with Crippen LogP contribution >= 0.6 is 0 Å². The van der Waals surface area contributed by atoms with E-state index in [2.05, 4.69) is 25.7 Å². The Balaban J connectivity index is 1.56. The number of aromatic nitrogens is 4. The first-order chi connectivity index (χ1) is 13.3. The number of amides is 1. The molecule has 0 saturated carbocycles. The van der Waals surface area contributed by atoms with Crippen LogP contribution in [-0.2, 0) is 0 Å². The monoisotopic (exact) mass is 356 g/mol. The molecule has 4 rings (SSSR count). The number of rotatable bonds is 5. The molecule has 0 aliphatic carbocycles. The quantitative estimate of drug-likeness (QED) is 0.570. The topological polar surface area (TPSA) is 84.7 Å². The van der Waals surface area contributed by atoms with Crippen LogP contribution in [0, 0.1) is 0 Å². The number of hydrogen-bond donors (Lipinski definition) is 2. The Bertz CT molecular complexity index is 1050. The molecule has 2 N–H and O–H groups in total. The molecule has 0 spiro atoms. The van der Waals surface area contributed by atoms with Gasteiger partial charge in [-0.05, 0) is 30.3 Å². The molecule has 2 aromatic heterocycles. The molecule has 7 nitrogen and oxygen atoms in total. The number of benzene rings is 2. The Morgan fingerprint density at radius 1 is 0.926 bits per heavy atom. The summed E-state index contributed by atoms with van der Waals surface area (Å²) < 4.78 is 1.60. The molecular formula is C20H16N6O. The summed E-state index contributed by atoms with van der Waals surface area (Å²) in [4.78, 5) is 21.1. The van der Waals surface area contributed by atoms with Crippen LogP contribution in [0.5, 0.6) is 0 Å². The Morgan fingerprint density at radius 3 is 2.56 bits per heavy atom. The zero-order valence-electron chi connectivity index (χ0n) is 14.3. The fourth-order valence-electron chi connectivity index (χ4n) is 2.60. The van der Waals surface area contributed by atoms with E-state index in [9.17, 15) is 4.79 Å². The van der Waals surface area contributed by atoms with Crippen molar-refractivity contribution in [1.82, 2.24) is 19.7 Å². The van der Waals surface area contributed by atoms with Crippen molar-refractivity contribution in [3.05, 3.63) is 91.0 Å². The van der Waals surface area contributed by atoms with E-state index in [0.717, 1.165) is 5.69 Å². The zero-order valence-corrected chi connectivity index (χ0v) is 14.3. The van der Waals surface area contributed by atoms with Gasteiger partial charge in [-0.3, -0.25) is 4.79 Å². The summed E-state index contributed by atoms with van der Waals surface area (Å²) >= 11 is 0. The summed E-state index contributed by atoms with van der Waals surface area (Å²) in [5.41, 5.74) is 2.13. The summed E-state index contributed by atoms with van der Waals surface area (Å²) in [6.07, 6.45) is 4.82. The van der Waals surface area contributed by atoms with Gasteiger partial charge in [0, 0.05) is 24.1 Å². The van der Waals surface area contributed by atoms with Gasteiger partial charge in [0.1, 0.15) is 12.1 Å². The van der Waals surface area contributed by atoms with E-state index in [1.807, 2.05) is 48.5 Å². The second kappa shape index (κ2) is 7.49. The van der Waals surface area contributed by atoms with Gasteiger partial charge in [0.25, 0.3) is 5.91 Å². The fourth-order valence-corrected chi connectivity index (χ4v) is 2.60. The second-order valence-corrected chi connectivity index (χ2v) is 5.70. The number of nitrogens with zero attached hydrogens (tertiary/aromatic N) is 4. The number of hydrogen-bond acceptors (Lipinski definition) is 5. The van der Waals surface area contributed by atoms with Crippen LogP contribution in [0.2, 0.25) is 0 Å². The van der Waals surface area contributed by atoms with Gasteiger partial charge in [0.05, 0.1) is 11.3 Å². The Labute approximate surface area is 155 Å². The lowest BCUT2D eigenvalue weighted by Gasteiger charge is -2.12. The van der Waals surface area contributed by atoms with E-state index in [-0.39, 0.29) is 5.91 Å². The minimum absolute atomic E-state index is 0.265. The van der Waals surface area contributed by atoms with E-state index >= 15 is 0 Å². The van der Waals surface area contributed by atoms with Crippen molar-refractivity contribution in [2.75, 3.05) is 10.6 Å². The molecule has 7 heteroatoms. The molecule has 0 bridgehead atoms. The van der Waals surface area contributed by atoms with Crippen molar-refractivity contribution in [1.29, 1.82) is 0 Å². The molecule has 0 fully saturated rings. The minimum atomic E-state index is -0.265. The summed E-state index contributed by atoms with van der Waals surface area (Å²) in [5.74, 6) is 0.704. The molecular weight excluding hydrogens is 340 g/mol. The third-order valence-electron chi connectivity index (χ3n) is 3.86. The minimum Gasteiger partial charge on any atom is -0.355 e. The fraction of sp³-hybridized carbons (Fsp3) is 0. The highest BCUT2D eigenvalue weighted by Gasteiger charge is 2.13. The third-order valence-corrected chi connectivity index (χ3v) is 3.86. The predicted octanol–water partition coefficient (Wildman–Crippen LogP) is 3.66. The first kappa shape index (κ1) is 16.5. The molecule has 4 aromatic rings. The van der Waals surface area contributed by atoms with Gasteiger partial charge in [0.15, 0.2) is 5.82 Å². The molecule has 2 heterocycles. The molecule has 27 heavy (non-hydrogen) atoms. The molecule has 0 unspecified atom stereocenters. The summed E-state index contributed by atoms with van der Waals surface area (Å²) in [6.45, 7) is 0. The molecule has 0 atom stereocenters. The third kappa shape index (κ3) is 3.82. The highest BCUT2D eigenvalue weighted by molar-refractivity contribution is 6.08. The number of carbonyl (C=O) groups is 1. The van der Waals surface area contributed by atoms with Gasteiger partial charge in [-0.2, -0.15) is 5.10 Å². The number of anilines is 3. The van der Waals surface area contributed by atoms with Crippen molar-refractivity contribution >= 4 is 23.1 Å². The second-order valence-electron chi connectivity index (χ2n) is 5.70. The maximum atomic E-state index is 12.8. The van der Waals surface area contributed by atoms with E-state index in [1.165, 1.54) is 6.33 Å². The van der Waals surface area contributed by atoms with Gasteiger partial charge in [-0.15, -0.1) is 0 Å². The summed E-state index contributed by atoms with van der Waals surface area (Å²) in [7, 11) is 0. The van der Waals surface area contributed by atoms with Crippen molar-refractivity contribution < 1.29 is 4.79 Å². The van der Waals surface area contributed by atoms with Crippen LogP contribution in [0.15, 0.2) is 85.5 Å². The standard InChI is InChI=1S/C20H16N6O/c27-20(25-18-13-19(22-14-21-18)26-12-6-11-23-26)16-9-4-5-10-17(16)24-15-7-2-1-3-8-15/h1-14,24H,(H,21,22,25,27). The smallest absolute Gasteiger partial charge is 0.258 e. The normalized spacial score (nSPS) is 10.4. The first-order valence-corrected chi connectivity index (χ1v) is 8.34. The van der Waals surface area contributed by atoms with Gasteiger partial charge in [0.2, 0.25) is 0 Å². The highest BCUT2D eigenvalue weighted by Crippen LogP contribution is 2.21. The molecule has 0 aliphatic heterocycles. The lowest BCUT2D eigenvalue weighted by atomic mass is 10.1. The van der Waals surface area contributed by atoms with E-state index in [1.54, 1.807) is 35.3 Å². The van der Waals surface area contributed by atoms with Crippen LogP contribution < -0.4 is 10.6 Å². The highest BCUT2D eigenvalue weighted by atomic mass is 16.1. The van der Waals surface area contributed by atoms with E-state index in [0.29, 0.717) is 22.9 Å². The zero-order chi connectivity index (χ0) is 18.5. The van der Waals surface area contributed by atoms with Crippen molar-refractivity contribution in [2.45, 2.75) is 0 Å². The van der Waals surface area contributed by atoms with Gasteiger partial charge in [-0.1, -0.05) is 30.3 Å². The van der Waals surface area contributed by atoms with E-state index < -0.39 is 0 Å². The number of carbonyl (C=O) groups excluding carboxylic acids is 1. The van der Waals surface area contributed by atoms with Gasteiger partial charge >= 0.3 is 0 Å². The van der Waals surface area contributed by atoms with E-state index in [4.69, 9.17) is 0 Å². The summed E-state index contributed by atoms with van der Waals surface area (Å²) in [6, 6.07) is 20.5. The van der Waals surface area contributed by atoms with Crippen molar-refractivity contribution in [3.8, 4) is 5.82 Å². The number of para-hydroxylation sites is 2. The van der Waals surface area contributed by atoms with Crippen LogP contribution in [0.1, 0.15) is 10.4 Å². The van der Waals surface area contributed by atoms with Crippen LogP contribution in [0.3, 0.4) is 0 Å². The predicted molar refractivity (Wildman–Crippen MR) is 103 cm³/mol. The Morgan fingerprint density at radius 2 is 1.74 bits per heavy atom. The molecule has 0 radical (unpaired) electrons. The average molecular weight is 356 g/mol. The van der Waals surface area contributed by atoms with Gasteiger partial charge in [-0.25, -0.2) is 14.6 Å². The number of nitrogens with one attached hydrogen (secondary N) is 2. The van der Waals surface area contributed by atoms with Crippen LogP contribution in [0.4, 0.5) is 17.2 Å². The van der Waals surface area contributed by atoms with Crippen LogP contribution in [0.25, 0.3) is 5.82 Å². The molecule has 2 aromatic carbocycles. The van der Waals surface area contributed by atoms with Gasteiger partial charge < -0.3 is 10.6 Å².